The van der Waals surface area contributed by atoms with Gasteiger partial charge in [0, 0.05) is 23.4 Å². The molecule has 0 amide bonds. The zero-order valence-corrected chi connectivity index (χ0v) is 9.97. The molecule has 1 heterocycles. The summed E-state index contributed by atoms with van der Waals surface area (Å²) in [4.78, 5) is 10.3. The summed E-state index contributed by atoms with van der Waals surface area (Å²) in [5.41, 5.74) is 0.821. The number of rotatable bonds is 4. The van der Waals surface area contributed by atoms with Crippen molar-refractivity contribution in [2.24, 2.45) is 0 Å². The number of hydrogen-bond donors (Lipinski definition) is 0. The number of nitro benzene ring substituents is 1. The van der Waals surface area contributed by atoms with E-state index < -0.39 is 0 Å². The van der Waals surface area contributed by atoms with Crippen LogP contribution in [0.4, 0.5) is 5.69 Å². The van der Waals surface area contributed by atoms with Crippen molar-refractivity contribution in [3.05, 3.63) is 40.1 Å². The zero-order chi connectivity index (χ0) is 12.4. The van der Waals surface area contributed by atoms with Crippen LogP contribution in [0.15, 0.2) is 28.7 Å². The van der Waals surface area contributed by atoms with E-state index in [1.807, 2.05) is 6.07 Å². The minimum Gasteiger partial charge on any atom is -0.461 e. The van der Waals surface area contributed by atoms with Crippen molar-refractivity contribution in [3.63, 3.8) is 0 Å². The molecule has 1 aromatic carbocycles. The summed E-state index contributed by atoms with van der Waals surface area (Å²) in [6.45, 7) is 4.24. The second-order valence-electron chi connectivity index (χ2n) is 4.32. The van der Waals surface area contributed by atoms with E-state index in [4.69, 9.17) is 4.42 Å². The Bertz CT molecular complexity index is 545. The molecule has 17 heavy (non-hydrogen) atoms. The molecular formula is C13H15NO3. The van der Waals surface area contributed by atoms with Gasteiger partial charge in [-0.2, -0.15) is 0 Å². The van der Waals surface area contributed by atoms with Gasteiger partial charge in [0.15, 0.2) is 0 Å². The van der Waals surface area contributed by atoms with Crippen LogP contribution in [0.25, 0.3) is 11.0 Å². The summed E-state index contributed by atoms with van der Waals surface area (Å²) in [5, 5.41) is 11.5. The minimum atomic E-state index is -0.387. The number of benzene rings is 1. The van der Waals surface area contributed by atoms with E-state index in [1.165, 1.54) is 6.07 Å². The minimum absolute atomic E-state index is 0.105. The second-order valence-corrected chi connectivity index (χ2v) is 4.32. The van der Waals surface area contributed by atoms with Crippen LogP contribution < -0.4 is 0 Å². The van der Waals surface area contributed by atoms with Crippen molar-refractivity contribution in [1.82, 2.24) is 0 Å². The highest BCUT2D eigenvalue weighted by Gasteiger charge is 2.13. The van der Waals surface area contributed by atoms with Gasteiger partial charge in [0.1, 0.15) is 11.3 Å². The highest BCUT2D eigenvalue weighted by molar-refractivity contribution is 5.80. The quantitative estimate of drug-likeness (QED) is 0.586. The van der Waals surface area contributed by atoms with E-state index in [0.29, 0.717) is 11.5 Å². The molecule has 0 aliphatic carbocycles. The van der Waals surface area contributed by atoms with Crippen molar-refractivity contribution in [2.45, 2.75) is 32.6 Å². The Morgan fingerprint density at radius 2 is 2.18 bits per heavy atom. The molecule has 4 nitrogen and oxygen atoms in total. The largest absolute Gasteiger partial charge is 0.461 e. The molecule has 0 unspecified atom stereocenters. The van der Waals surface area contributed by atoms with Gasteiger partial charge in [0.2, 0.25) is 0 Å². The van der Waals surface area contributed by atoms with E-state index in [2.05, 4.69) is 13.8 Å². The van der Waals surface area contributed by atoms with Crippen LogP contribution in [0.1, 0.15) is 38.4 Å². The lowest BCUT2D eigenvalue weighted by Crippen LogP contribution is -1.88. The van der Waals surface area contributed by atoms with Gasteiger partial charge in [-0.25, -0.2) is 0 Å². The van der Waals surface area contributed by atoms with Crippen LogP contribution in [-0.4, -0.2) is 4.92 Å². The Kier molecular flexibility index (Phi) is 3.13. The molecule has 0 saturated carbocycles. The van der Waals surface area contributed by atoms with Crippen molar-refractivity contribution in [2.75, 3.05) is 0 Å². The SMILES string of the molecule is CCC[C@@H](C)c1cc2cc([N+](=O)[O-])ccc2o1. The van der Waals surface area contributed by atoms with Crippen LogP contribution in [0, 0.1) is 10.1 Å². The van der Waals surface area contributed by atoms with Crippen molar-refractivity contribution >= 4 is 16.7 Å². The second kappa shape index (κ2) is 4.57. The fraction of sp³-hybridized carbons (Fsp3) is 0.385. The smallest absolute Gasteiger partial charge is 0.270 e. The third-order valence-electron chi connectivity index (χ3n) is 2.94. The van der Waals surface area contributed by atoms with E-state index in [1.54, 1.807) is 12.1 Å². The highest BCUT2D eigenvalue weighted by atomic mass is 16.6. The summed E-state index contributed by atoms with van der Waals surface area (Å²) < 4.78 is 5.69. The number of nitrogens with zero attached hydrogens (tertiary/aromatic N) is 1. The van der Waals surface area contributed by atoms with Gasteiger partial charge < -0.3 is 4.42 Å². The first-order valence-electron chi connectivity index (χ1n) is 5.79. The van der Waals surface area contributed by atoms with Gasteiger partial charge in [0.05, 0.1) is 4.92 Å². The Morgan fingerprint density at radius 3 is 2.82 bits per heavy atom. The number of fused-ring (bicyclic) bond motifs is 1. The molecule has 0 fully saturated rings. The predicted molar refractivity (Wildman–Crippen MR) is 66.2 cm³/mol. The molecule has 1 atom stereocenters. The molecule has 0 spiro atoms. The molecule has 2 rings (SSSR count). The predicted octanol–water partition coefficient (Wildman–Crippen LogP) is 4.24. The summed E-state index contributed by atoms with van der Waals surface area (Å²) in [6.07, 6.45) is 2.15. The Hall–Kier alpha value is -1.84. The molecule has 2 aromatic rings. The molecule has 0 radical (unpaired) electrons. The lowest BCUT2D eigenvalue weighted by atomic mass is 10.0. The van der Waals surface area contributed by atoms with Crippen molar-refractivity contribution in [1.29, 1.82) is 0 Å². The first-order chi connectivity index (χ1) is 8.11. The molecule has 0 aliphatic heterocycles. The molecular weight excluding hydrogens is 218 g/mol. The number of hydrogen-bond acceptors (Lipinski definition) is 3. The maximum absolute atomic E-state index is 10.7. The Balaban J connectivity index is 2.40. The van der Waals surface area contributed by atoms with Gasteiger partial charge >= 0.3 is 0 Å². The number of non-ortho nitro benzene ring substituents is 1. The highest BCUT2D eigenvalue weighted by Crippen LogP contribution is 2.29. The van der Waals surface area contributed by atoms with Crippen LogP contribution in [0.2, 0.25) is 0 Å². The van der Waals surface area contributed by atoms with Gasteiger partial charge in [-0.3, -0.25) is 10.1 Å². The Labute approximate surface area is 99.4 Å². The molecule has 4 heteroatoms. The van der Waals surface area contributed by atoms with Gasteiger partial charge in [0.25, 0.3) is 5.69 Å². The number of furan rings is 1. The maximum atomic E-state index is 10.7. The van der Waals surface area contributed by atoms with Crippen LogP contribution in [-0.2, 0) is 0 Å². The standard InChI is InChI=1S/C13H15NO3/c1-3-4-9(2)13-8-10-7-11(14(15)16)5-6-12(10)17-13/h5-9H,3-4H2,1-2H3/t9-/m1/s1. The van der Waals surface area contributed by atoms with Gasteiger partial charge in [-0.15, -0.1) is 0 Å². The summed E-state index contributed by atoms with van der Waals surface area (Å²) in [7, 11) is 0. The fourth-order valence-electron chi connectivity index (χ4n) is 1.98. The summed E-state index contributed by atoms with van der Waals surface area (Å²) in [5.74, 6) is 1.26. The van der Waals surface area contributed by atoms with Crippen LogP contribution in [0.5, 0.6) is 0 Å². The van der Waals surface area contributed by atoms with E-state index in [9.17, 15) is 10.1 Å². The topological polar surface area (TPSA) is 56.3 Å². The van der Waals surface area contributed by atoms with E-state index in [-0.39, 0.29) is 10.6 Å². The number of nitro groups is 1. The zero-order valence-electron chi connectivity index (χ0n) is 9.97. The summed E-state index contributed by atoms with van der Waals surface area (Å²) in [6, 6.07) is 6.60. The summed E-state index contributed by atoms with van der Waals surface area (Å²) >= 11 is 0. The van der Waals surface area contributed by atoms with Crippen LogP contribution >= 0.6 is 0 Å². The third-order valence-corrected chi connectivity index (χ3v) is 2.94. The molecule has 90 valence electrons. The molecule has 1 aromatic heterocycles. The third kappa shape index (κ3) is 2.30. The van der Waals surface area contributed by atoms with E-state index in [0.717, 1.165) is 24.0 Å². The first kappa shape index (κ1) is 11.6. The molecule has 0 N–H and O–H groups in total. The maximum Gasteiger partial charge on any atom is 0.270 e. The normalized spacial score (nSPS) is 12.8. The average Bonchev–Trinajstić information content (AvgIpc) is 2.71. The van der Waals surface area contributed by atoms with Crippen LogP contribution in [0.3, 0.4) is 0 Å². The van der Waals surface area contributed by atoms with Crippen molar-refractivity contribution < 1.29 is 9.34 Å². The average molecular weight is 233 g/mol. The van der Waals surface area contributed by atoms with Gasteiger partial charge in [-0.05, 0) is 18.6 Å². The Morgan fingerprint density at radius 1 is 1.41 bits per heavy atom. The lowest BCUT2D eigenvalue weighted by molar-refractivity contribution is -0.384. The lowest BCUT2D eigenvalue weighted by Gasteiger charge is -2.04. The van der Waals surface area contributed by atoms with E-state index >= 15 is 0 Å². The molecule has 0 aliphatic rings. The monoisotopic (exact) mass is 233 g/mol. The first-order valence-corrected chi connectivity index (χ1v) is 5.79. The molecule has 0 bridgehead atoms. The fourth-order valence-corrected chi connectivity index (χ4v) is 1.98. The van der Waals surface area contributed by atoms with Crippen molar-refractivity contribution in [3.8, 4) is 0 Å². The molecule has 0 saturated heterocycles. The van der Waals surface area contributed by atoms with Gasteiger partial charge in [-0.1, -0.05) is 20.3 Å².